The van der Waals surface area contributed by atoms with Gasteiger partial charge in [0.1, 0.15) is 5.70 Å². The van der Waals surface area contributed by atoms with E-state index >= 15 is 0 Å². The number of thiocarbonyl (C=S) groups is 1. The Balaban J connectivity index is 1.94. The normalized spacial score (nSPS) is 16.4. The van der Waals surface area contributed by atoms with E-state index in [9.17, 15) is 4.79 Å². The van der Waals surface area contributed by atoms with Crippen LogP contribution in [-0.2, 0) is 4.79 Å². The number of nitrogens with one attached hydrogen (secondary N) is 1. The lowest BCUT2D eigenvalue weighted by molar-refractivity contribution is -0.113. The number of amides is 1. The summed E-state index contributed by atoms with van der Waals surface area (Å²) < 4.78 is 0. The van der Waals surface area contributed by atoms with E-state index in [-0.39, 0.29) is 5.91 Å². The lowest BCUT2D eigenvalue weighted by Crippen LogP contribution is -2.30. The summed E-state index contributed by atoms with van der Waals surface area (Å²) in [5, 5.41) is 3.33. The molecule has 1 aliphatic rings. The van der Waals surface area contributed by atoms with Crippen LogP contribution >= 0.6 is 12.2 Å². The summed E-state index contributed by atoms with van der Waals surface area (Å²) in [6, 6.07) is 13.2. The molecule has 1 aromatic heterocycles. The lowest BCUT2D eigenvalue weighted by atomic mass is 10.2. The molecule has 0 radical (unpaired) electrons. The fourth-order valence-corrected chi connectivity index (χ4v) is 2.44. The average Bonchev–Trinajstić information content (AvgIpc) is 2.74. The number of aromatic nitrogens is 1. The van der Waals surface area contributed by atoms with Gasteiger partial charge in [0.15, 0.2) is 5.11 Å². The number of anilines is 1. The maximum absolute atomic E-state index is 12.5. The van der Waals surface area contributed by atoms with E-state index in [2.05, 4.69) is 10.3 Å². The predicted molar refractivity (Wildman–Crippen MR) is 86.6 cm³/mol. The van der Waals surface area contributed by atoms with Crippen LogP contribution in [0.4, 0.5) is 5.69 Å². The van der Waals surface area contributed by atoms with Gasteiger partial charge in [-0.25, -0.2) is 0 Å². The Labute approximate surface area is 128 Å². The Bertz CT molecular complexity index is 740. The summed E-state index contributed by atoms with van der Waals surface area (Å²) in [6.45, 7) is 1.98. The van der Waals surface area contributed by atoms with Gasteiger partial charge in [-0.1, -0.05) is 18.2 Å². The number of nitrogens with zero attached hydrogens (tertiary/aromatic N) is 2. The molecule has 1 saturated heterocycles. The Kier molecular flexibility index (Phi) is 3.50. The molecule has 5 heteroatoms. The minimum absolute atomic E-state index is 0.170. The first-order chi connectivity index (χ1) is 10.1. The van der Waals surface area contributed by atoms with Crippen molar-refractivity contribution < 1.29 is 4.79 Å². The summed E-state index contributed by atoms with van der Waals surface area (Å²) >= 11 is 5.27. The van der Waals surface area contributed by atoms with E-state index in [1.807, 2.05) is 49.4 Å². The standard InChI is InChI=1S/C16H13N3OS/c1-11-5-4-7-13(9-11)19-15(20)14(18-16(19)21)10-12-6-2-3-8-17-12/h2-10H,1H3,(H,18,21)/b14-10+. The number of aryl methyl sites for hydroxylation is 1. The van der Waals surface area contributed by atoms with Crippen molar-refractivity contribution in [2.24, 2.45) is 0 Å². The van der Waals surface area contributed by atoms with Crippen LogP contribution in [0.3, 0.4) is 0 Å². The number of hydrogen-bond acceptors (Lipinski definition) is 3. The maximum Gasteiger partial charge on any atom is 0.281 e. The highest BCUT2D eigenvalue weighted by atomic mass is 32.1. The van der Waals surface area contributed by atoms with Gasteiger partial charge in [0.25, 0.3) is 5.91 Å². The van der Waals surface area contributed by atoms with Gasteiger partial charge in [0.2, 0.25) is 0 Å². The van der Waals surface area contributed by atoms with Crippen molar-refractivity contribution in [2.45, 2.75) is 6.92 Å². The van der Waals surface area contributed by atoms with Crippen molar-refractivity contribution in [3.63, 3.8) is 0 Å². The van der Waals surface area contributed by atoms with Crippen LogP contribution in [0, 0.1) is 6.92 Å². The number of rotatable bonds is 2. The molecular weight excluding hydrogens is 282 g/mol. The quantitative estimate of drug-likeness (QED) is 0.683. The zero-order valence-corrected chi connectivity index (χ0v) is 12.2. The summed E-state index contributed by atoms with van der Waals surface area (Å²) in [5.41, 5.74) is 2.98. The third-order valence-corrected chi connectivity index (χ3v) is 3.40. The fourth-order valence-electron chi connectivity index (χ4n) is 2.15. The SMILES string of the molecule is Cc1cccc(N2C(=O)/C(=C\c3ccccn3)NC2=S)c1. The van der Waals surface area contributed by atoms with Crippen LogP contribution in [0.25, 0.3) is 6.08 Å². The third-order valence-electron chi connectivity index (χ3n) is 3.12. The zero-order valence-electron chi connectivity index (χ0n) is 11.4. The molecule has 1 aromatic carbocycles. The van der Waals surface area contributed by atoms with Gasteiger partial charge in [-0.15, -0.1) is 0 Å². The van der Waals surface area contributed by atoms with Crippen molar-refractivity contribution in [2.75, 3.05) is 4.90 Å². The molecule has 2 aromatic rings. The molecule has 1 N–H and O–H groups in total. The highest BCUT2D eigenvalue weighted by Crippen LogP contribution is 2.22. The number of carbonyl (C=O) groups is 1. The molecule has 0 unspecified atom stereocenters. The van der Waals surface area contributed by atoms with E-state index in [0.717, 1.165) is 11.3 Å². The molecule has 0 spiro atoms. The molecule has 0 atom stereocenters. The van der Waals surface area contributed by atoms with Crippen molar-refractivity contribution in [3.05, 3.63) is 65.6 Å². The maximum atomic E-state index is 12.5. The summed E-state index contributed by atoms with van der Waals surface area (Å²) in [7, 11) is 0. The van der Waals surface area contributed by atoms with Gasteiger partial charge in [-0.3, -0.25) is 14.7 Å². The molecule has 0 aliphatic carbocycles. The van der Waals surface area contributed by atoms with Gasteiger partial charge >= 0.3 is 0 Å². The smallest absolute Gasteiger partial charge is 0.281 e. The third kappa shape index (κ3) is 2.68. The van der Waals surface area contributed by atoms with Crippen LogP contribution in [-0.4, -0.2) is 16.0 Å². The largest absolute Gasteiger partial charge is 0.327 e. The van der Waals surface area contributed by atoms with Crippen LogP contribution < -0.4 is 10.2 Å². The summed E-state index contributed by atoms with van der Waals surface area (Å²) in [4.78, 5) is 18.2. The van der Waals surface area contributed by atoms with Crippen LogP contribution in [0.1, 0.15) is 11.3 Å². The second kappa shape index (κ2) is 5.46. The van der Waals surface area contributed by atoms with E-state index in [0.29, 0.717) is 16.5 Å². The minimum atomic E-state index is -0.170. The first-order valence-corrected chi connectivity index (χ1v) is 6.91. The van der Waals surface area contributed by atoms with E-state index in [4.69, 9.17) is 12.2 Å². The second-order valence-electron chi connectivity index (χ2n) is 4.72. The Hall–Kier alpha value is -2.53. The van der Waals surface area contributed by atoms with Crippen molar-refractivity contribution in [1.82, 2.24) is 10.3 Å². The van der Waals surface area contributed by atoms with Crippen LogP contribution in [0.2, 0.25) is 0 Å². The fraction of sp³-hybridized carbons (Fsp3) is 0.0625. The molecule has 3 rings (SSSR count). The van der Waals surface area contributed by atoms with Crippen molar-refractivity contribution in [1.29, 1.82) is 0 Å². The number of hydrogen-bond donors (Lipinski definition) is 1. The predicted octanol–water partition coefficient (Wildman–Crippen LogP) is 2.65. The van der Waals surface area contributed by atoms with Gasteiger partial charge in [0, 0.05) is 6.20 Å². The van der Waals surface area contributed by atoms with E-state index < -0.39 is 0 Å². The molecule has 4 nitrogen and oxygen atoms in total. The Morgan fingerprint density at radius 3 is 2.81 bits per heavy atom. The zero-order chi connectivity index (χ0) is 14.8. The van der Waals surface area contributed by atoms with E-state index in [1.54, 1.807) is 12.3 Å². The van der Waals surface area contributed by atoms with Crippen LogP contribution in [0.5, 0.6) is 0 Å². The molecule has 1 aliphatic heterocycles. The van der Waals surface area contributed by atoms with Crippen molar-refractivity contribution >= 4 is 35.0 Å². The molecule has 1 amide bonds. The topological polar surface area (TPSA) is 45.2 Å². The number of benzene rings is 1. The molecule has 2 heterocycles. The monoisotopic (exact) mass is 295 g/mol. The first kappa shape index (κ1) is 13.5. The van der Waals surface area contributed by atoms with E-state index in [1.165, 1.54) is 4.90 Å². The Morgan fingerprint density at radius 1 is 1.24 bits per heavy atom. The molecule has 0 saturated carbocycles. The highest BCUT2D eigenvalue weighted by Gasteiger charge is 2.31. The number of pyridine rings is 1. The van der Waals surface area contributed by atoms with Crippen molar-refractivity contribution in [3.8, 4) is 0 Å². The first-order valence-electron chi connectivity index (χ1n) is 6.50. The summed E-state index contributed by atoms with van der Waals surface area (Å²) in [5.74, 6) is -0.170. The number of carbonyl (C=O) groups excluding carboxylic acids is 1. The van der Waals surface area contributed by atoms with Gasteiger partial charge in [-0.2, -0.15) is 0 Å². The molecular formula is C16H13N3OS. The van der Waals surface area contributed by atoms with Gasteiger partial charge in [0.05, 0.1) is 11.4 Å². The molecule has 104 valence electrons. The minimum Gasteiger partial charge on any atom is -0.327 e. The summed E-state index contributed by atoms with van der Waals surface area (Å²) in [6.07, 6.45) is 3.38. The average molecular weight is 295 g/mol. The van der Waals surface area contributed by atoms with Gasteiger partial charge in [-0.05, 0) is 55.0 Å². The second-order valence-corrected chi connectivity index (χ2v) is 5.11. The molecule has 21 heavy (non-hydrogen) atoms. The Morgan fingerprint density at radius 2 is 2.10 bits per heavy atom. The van der Waals surface area contributed by atoms with Crippen LogP contribution in [0.15, 0.2) is 54.4 Å². The van der Waals surface area contributed by atoms with Gasteiger partial charge < -0.3 is 5.32 Å². The molecule has 0 bridgehead atoms. The highest BCUT2D eigenvalue weighted by molar-refractivity contribution is 7.80. The lowest BCUT2D eigenvalue weighted by Gasteiger charge is -2.14. The molecule has 1 fully saturated rings.